The summed E-state index contributed by atoms with van der Waals surface area (Å²) < 4.78 is 45.8. The molecule has 0 aliphatic rings. The van der Waals surface area contributed by atoms with Crippen molar-refractivity contribution in [3.8, 4) is 17.4 Å². The van der Waals surface area contributed by atoms with Gasteiger partial charge >= 0.3 is 6.36 Å². The van der Waals surface area contributed by atoms with Gasteiger partial charge in [0.05, 0.1) is 16.4 Å². The SMILES string of the molecule is NCc1cncc(Oc2ccc(OC(F)(F)F)c(Br)c2)n1. The largest absolute Gasteiger partial charge is 0.573 e. The van der Waals surface area contributed by atoms with Gasteiger partial charge in [0.1, 0.15) is 11.5 Å². The number of nitrogens with two attached hydrogens (primary N) is 1. The Morgan fingerprint density at radius 3 is 2.62 bits per heavy atom. The number of halogens is 4. The highest BCUT2D eigenvalue weighted by atomic mass is 79.9. The first kappa shape index (κ1) is 15.5. The molecule has 2 N–H and O–H groups in total. The molecular formula is C12H9BrF3N3O2. The first-order chi connectivity index (χ1) is 9.87. The fraction of sp³-hybridized carbons (Fsp3) is 0.167. The molecule has 1 aromatic heterocycles. The first-order valence-corrected chi connectivity index (χ1v) is 6.41. The van der Waals surface area contributed by atoms with Crippen molar-refractivity contribution in [3.05, 3.63) is 40.8 Å². The molecule has 0 atom stereocenters. The van der Waals surface area contributed by atoms with Crippen LogP contribution < -0.4 is 15.2 Å². The van der Waals surface area contributed by atoms with Crippen LogP contribution in [0, 0.1) is 0 Å². The molecular weight excluding hydrogens is 355 g/mol. The summed E-state index contributed by atoms with van der Waals surface area (Å²) >= 11 is 2.98. The molecule has 0 radical (unpaired) electrons. The molecule has 0 fully saturated rings. The van der Waals surface area contributed by atoms with Crippen LogP contribution in [-0.2, 0) is 6.54 Å². The van der Waals surface area contributed by atoms with Gasteiger partial charge < -0.3 is 15.2 Å². The van der Waals surface area contributed by atoms with Gasteiger partial charge in [0.15, 0.2) is 0 Å². The van der Waals surface area contributed by atoms with E-state index in [0.717, 1.165) is 6.07 Å². The minimum absolute atomic E-state index is 0.0975. The lowest BCUT2D eigenvalue weighted by Crippen LogP contribution is -2.17. The van der Waals surface area contributed by atoms with Gasteiger partial charge in [0.2, 0.25) is 5.88 Å². The summed E-state index contributed by atoms with van der Waals surface area (Å²) in [5, 5.41) is 0. The number of rotatable bonds is 4. The number of alkyl halides is 3. The molecule has 1 heterocycles. The van der Waals surface area contributed by atoms with E-state index < -0.39 is 6.36 Å². The zero-order valence-electron chi connectivity index (χ0n) is 10.4. The number of benzene rings is 1. The van der Waals surface area contributed by atoms with E-state index >= 15 is 0 Å². The Kier molecular flexibility index (Phi) is 4.63. The van der Waals surface area contributed by atoms with Gasteiger partial charge in [0, 0.05) is 12.7 Å². The predicted molar refractivity (Wildman–Crippen MR) is 70.8 cm³/mol. The summed E-state index contributed by atoms with van der Waals surface area (Å²) in [6.45, 7) is 0.201. The Bertz CT molecular complexity index is 637. The minimum atomic E-state index is -4.76. The summed E-state index contributed by atoms with van der Waals surface area (Å²) in [5.41, 5.74) is 5.96. The maximum absolute atomic E-state index is 12.1. The highest BCUT2D eigenvalue weighted by Crippen LogP contribution is 2.34. The molecule has 0 bridgehead atoms. The fourth-order valence-corrected chi connectivity index (χ4v) is 1.85. The van der Waals surface area contributed by atoms with Crippen LogP contribution in [0.1, 0.15) is 5.69 Å². The zero-order valence-corrected chi connectivity index (χ0v) is 12.0. The van der Waals surface area contributed by atoms with Gasteiger partial charge in [-0.25, -0.2) is 4.98 Å². The molecule has 1 aromatic carbocycles. The monoisotopic (exact) mass is 363 g/mol. The molecule has 9 heteroatoms. The Morgan fingerprint density at radius 2 is 2.00 bits per heavy atom. The Morgan fingerprint density at radius 1 is 1.24 bits per heavy atom. The first-order valence-electron chi connectivity index (χ1n) is 5.61. The van der Waals surface area contributed by atoms with E-state index in [1.807, 2.05) is 0 Å². The van der Waals surface area contributed by atoms with Crippen LogP contribution >= 0.6 is 15.9 Å². The van der Waals surface area contributed by atoms with Crippen LogP contribution in [0.5, 0.6) is 17.4 Å². The molecule has 2 rings (SSSR count). The van der Waals surface area contributed by atoms with E-state index in [4.69, 9.17) is 10.5 Å². The van der Waals surface area contributed by atoms with Crippen molar-refractivity contribution in [2.75, 3.05) is 0 Å². The lowest BCUT2D eigenvalue weighted by atomic mass is 10.3. The molecule has 0 aliphatic carbocycles. The summed E-state index contributed by atoms with van der Waals surface area (Å²) in [7, 11) is 0. The van der Waals surface area contributed by atoms with Crippen LogP contribution in [0.15, 0.2) is 35.1 Å². The Labute approximate surface area is 126 Å². The normalized spacial score (nSPS) is 11.3. The second kappa shape index (κ2) is 6.27. The van der Waals surface area contributed by atoms with Gasteiger partial charge in [-0.3, -0.25) is 4.98 Å². The molecule has 0 unspecified atom stereocenters. The van der Waals surface area contributed by atoms with Crippen molar-refractivity contribution in [2.24, 2.45) is 5.73 Å². The van der Waals surface area contributed by atoms with Crippen molar-refractivity contribution < 1.29 is 22.6 Å². The van der Waals surface area contributed by atoms with Crippen LogP contribution in [0.25, 0.3) is 0 Å². The van der Waals surface area contributed by atoms with Gasteiger partial charge in [-0.05, 0) is 34.1 Å². The number of hydrogen-bond acceptors (Lipinski definition) is 5. The van der Waals surface area contributed by atoms with E-state index in [2.05, 4.69) is 30.6 Å². The number of ether oxygens (including phenoxy) is 2. The fourth-order valence-electron chi connectivity index (χ4n) is 1.41. The third-order valence-electron chi connectivity index (χ3n) is 2.22. The molecule has 0 aliphatic heterocycles. The molecule has 0 spiro atoms. The second-order valence-corrected chi connectivity index (χ2v) is 4.65. The molecule has 21 heavy (non-hydrogen) atoms. The van der Waals surface area contributed by atoms with Crippen LogP contribution in [-0.4, -0.2) is 16.3 Å². The van der Waals surface area contributed by atoms with Gasteiger partial charge in [-0.1, -0.05) is 0 Å². The molecule has 2 aromatic rings. The van der Waals surface area contributed by atoms with Crippen LogP contribution in [0.3, 0.4) is 0 Å². The Balaban J connectivity index is 2.16. The minimum Gasteiger partial charge on any atom is -0.437 e. The molecule has 0 saturated heterocycles. The second-order valence-electron chi connectivity index (χ2n) is 3.79. The number of aromatic nitrogens is 2. The molecule has 112 valence electrons. The van der Waals surface area contributed by atoms with Crippen LogP contribution in [0.2, 0.25) is 0 Å². The van der Waals surface area contributed by atoms with Gasteiger partial charge in [-0.2, -0.15) is 0 Å². The van der Waals surface area contributed by atoms with Crippen molar-refractivity contribution in [3.63, 3.8) is 0 Å². The lowest BCUT2D eigenvalue weighted by molar-refractivity contribution is -0.274. The van der Waals surface area contributed by atoms with Crippen molar-refractivity contribution in [1.82, 2.24) is 9.97 Å². The smallest absolute Gasteiger partial charge is 0.437 e. The number of hydrogen-bond donors (Lipinski definition) is 1. The molecule has 0 amide bonds. The van der Waals surface area contributed by atoms with Crippen molar-refractivity contribution in [2.45, 2.75) is 12.9 Å². The predicted octanol–water partition coefficient (Wildman–Crippen LogP) is 3.39. The van der Waals surface area contributed by atoms with E-state index in [1.54, 1.807) is 0 Å². The van der Waals surface area contributed by atoms with E-state index in [9.17, 15) is 13.2 Å². The maximum atomic E-state index is 12.1. The van der Waals surface area contributed by atoms with Gasteiger partial charge in [0.25, 0.3) is 0 Å². The van der Waals surface area contributed by atoms with Crippen molar-refractivity contribution in [1.29, 1.82) is 0 Å². The topological polar surface area (TPSA) is 70.3 Å². The van der Waals surface area contributed by atoms with E-state index in [1.165, 1.54) is 24.5 Å². The quantitative estimate of drug-likeness (QED) is 0.901. The summed E-state index contributed by atoms with van der Waals surface area (Å²) in [5.74, 6) is 0.103. The number of nitrogens with zero attached hydrogens (tertiary/aromatic N) is 2. The average molecular weight is 364 g/mol. The van der Waals surface area contributed by atoms with Crippen molar-refractivity contribution >= 4 is 15.9 Å². The summed E-state index contributed by atoms with van der Waals surface area (Å²) in [6.07, 6.45) is -1.90. The third kappa shape index (κ3) is 4.57. The summed E-state index contributed by atoms with van der Waals surface area (Å²) in [6, 6.07) is 3.79. The third-order valence-corrected chi connectivity index (χ3v) is 2.84. The van der Waals surface area contributed by atoms with E-state index in [0.29, 0.717) is 5.69 Å². The van der Waals surface area contributed by atoms with Crippen LogP contribution in [0.4, 0.5) is 13.2 Å². The van der Waals surface area contributed by atoms with E-state index in [-0.39, 0.29) is 28.4 Å². The average Bonchev–Trinajstić information content (AvgIpc) is 2.41. The standard InChI is InChI=1S/C12H9BrF3N3O2/c13-9-3-8(1-2-10(9)21-12(14,15)16)20-11-6-18-5-7(4-17)19-11/h1-3,5-6H,4,17H2. The maximum Gasteiger partial charge on any atom is 0.573 e. The highest BCUT2D eigenvalue weighted by Gasteiger charge is 2.32. The zero-order chi connectivity index (χ0) is 15.5. The Hall–Kier alpha value is -1.87. The highest BCUT2D eigenvalue weighted by molar-refractivity contribution is 9.10. The lowest BCUT2D eigenvalue weighted by Gasteiger charge is -2.11. The summed E-state index contributed by atoms with van der Waals surface area (Å²) in [4.78, 5) is 7.95. The molecule has 5 nitrogen and oxygen atoms in total. The van der Waals surface area contributed by atoms with Gasteiger partial charge in [-0.15, -0.1) is 13.2 Å². The molecule has 0 saturated carbocycles.